The van der Waals surface area contributed by atoms with Gasteiger partial charge in [0, 0.05) is 12.6 Å². The molecule has 3 saturated carbocycles. The molecule has 4 nitrogen and oxygen atoms in total. The summed E-state index contributed by atoms with van der Waals surface area (Å²) >= 11 is 0. The van der Waals surface area contributed by atoms with Gasteiger partial charge in [-0.05, 0) is 119 Å². The molecule has 0 aromatic rings. The van der Waals surface area contributed by atoms with Gasteiger partial charge in [0.05, 0.1) is 12.0 Å². The van der Waals surface area contributed by atoms with Crippen molar-refractivity contribution in [3.63, 3.8) is 0 Å². The fourth-order valence-corrected chi connectivity index (χ4v) is 8.59. The van der Waals surface area contributed by atoms with E-state index in [4.69, 9.17) is 5.11 Å². The third kappa shape index (κ3) is 4.97. The average Bonchev–Trinajstić information content (AvgIpc) is 3.08. The predicted octanol–water partition coefficient (Wildman–Crippen LogP) is 5.80. The van der Waals surface area contributed by atoms with Crippen LogP contribution in [0.2, 0.25) is 0 Å². The second-order valence-corrected chi connectivity index (χ2v) is 12.7. The molecule has 3 N–H and O–H groups in total. The Balaban J connectivity index is 1.39. The molecule has 32 heavy (non-hydrogen) atoms. The minimum Gasteiger partial charge on any atom is -0.481 e. The van der Waals surface area contributed by atoms with E-state index in [1.165, 1.54) is 44.9 Å². The highest BCUT2D eigenvalue weighted by molar-refractivity contribution is 5.66. The lowest BCUT2D eigenvalue weighted by Gasteiger charge is -2.54. The van der Waals surface area contributed by atoms with Crippen molar-refractivity contribution in [2.24, 2.45) is 40.9 Å². The van der Waals surface area contributed by atoms with E-state index in [1.807, 2.05) is 13.8 Å². The fraction of sp³-hybridized carbons (Fsp3) is 0.893. The zero-order valence-corrected chi connectivity index (χ0v) is 20.9. The van der Waals surface area contributed by atoms with Gasteiger partial charge in [-0.3, -0.25) is 4.79 Å². The van der Waals surface area contributed by atoms with Gasteiger partial charge in [-0.1, -0.05) is 25.5 Å². The predicted molar refractivity (Wildman–Crippen MR) is 129 cm³/mol. The van der Waals surface area contributed by atoms with Crippen molar-refractivity contribution < 1.29 is 15.0 Å². The molecule has 4 heteroatoms. The van der Waals surface area contributed by atoms with Gasteiger partial charge in [-0.25, -0.2) is 0 Å². The van der Waals surface area contributed by atoms with Gasteiger partial charge in [0.15, 0.2) is 0 Å². The van der Waals surface area contributed by atoms with E-state index in [2.05, 4.69) is 25.2 Å². The van der Waals surface area contributed by atoms with E-state index in [9.17, 15) is 9.90 Å². The topological polar surface area (TPSA) is 69.6 Å². The van der Waals surface area contributed by atoms with Gasteiger partial charge < -0.3 is 15.5 Å². The quantitative estimate of drug-likeness (QED) is 0.413. The van der Waals surface area contributed by atoms with E-state index < -0.39 is 11.6 Å². The summed E-state index contributed by atoms with van der Waals surface area (Å²) in [5, 5.41) is 22.6. The molecule has 0 saturated heterocycles. The fourth-order valence-electron chi connectivity index (χ4n) is 8.59. The Morgan fingerprint density at radius 1 is 1.22 bits per heavy atom. The number of rotatable bonds is 8. The van der Waals surface area contributed by atoms with Crippen LogP contribution in [0.5, 0.6) is 0 Å². The molecule has 182 valence electrons. The van der Waals surface area contributed by atoms with Crippen LogP contribution in [0.15, 0.2) is 11.6 Å². The van der Waals surface area contributed by atoms with E-state index in [0.29, 0.717) is 23.9 Å². The van der Waals surface area contributed by atoms with Gasteiger partial charge in [0.25, 0.3) is 0 Å². The van der Waals surface area contributed by atoms with Crippen LogP contribution in [0.4, 0.5) is 0 Å². The molecule has 0 spiro atoms. The Morgan fingerprint density at radius 2 is 2.00 bits per heavy atom. The van der Waals surface area contributed by atoms with E-state index in [1.54, 1.807) is 5.57 Å². The van der Waals surface area contributed by atoms with Gasteiger partial charge in [0.1, 0.15) is 0 Å². The van der Waals surface area contributed by atoms with Crippen molar-refractivity contribution in [3.8, 4) is 0 Å². The van der Waals surface area contributed by atoms with Crippen molar-refractivity contribution in [1.29, 1.82) is 0 Å². The minimum absolute atomic E-state index is 0.222. The standard InChI is InChI=1S/C28H47NO3/c1-18(11-14-27(2,3)32)24-9-10-25-23-7-5-19-17-20(29-16-13-26(30)31)6-8-21(19)22(23)12-15-28(24,25)4/h5,18,20-25,29,32H,6-17H2,1-4H3,(H,30,31)/t18-,20-,21-,22?,23?,24+,25?,28+/m0/s1. The number of carboxylic acids is 1. The molecule has 0 aliphatic heterocycles. The Morgan fingerprint density at radius 3 is 2.72 bits per heavy atom. The molecule has 3 fully saturated rings. The Hall–Kier alpha value is -0.870. The van der Waals surface area contributed by atoms with Crippen molar-refractivity contribution >= 4 is 5.97 Å². The first kappa shape index (κ1) is 24.3. The average molecular weight is 446 g/mol. The van der Waals surface area contributed by atoms with Gasteiger partial charge >= 0.3 is 5.97 Å². The normalized spacial score (nSPS) is 40.1. The number of carboxylic acid groups (broad SMARTS) is 1. The highest BCUT2D eigenvalue weighted by atomic mass is 16.4. The molecule has 0 amide bonds. The van der Waals surface area contributed by atoms with Crippen molar-refractivity contribution in [2.75, 3.05) is 6.54 Å². The number of fused-ring (bicyclic) bond motifs is 5. The van der Waals surface area contributed by atoms with Gasteiger partial charge in [0.2, 0.25) is 0 Å². The Labute approximate surface area is 195 Å². The first-order valence-electron chi connectivity index (χ1n) is 13.4. The van der Waals surface area contributed by atoms with E-state index in [-0.39, 0.29) is 6.42 Å². The Kier molecular flexibility index (Phi) is 7.13. The smallest absolute Gasteiger partial charge is 0.304 e. The highest BCUT2D eigenvalue weighted by Crippen LogP contribution is 2.64. The molecule has 0 radical (unpaired) electrons. The second kappa shape index (κ2) is 9.41. The van der Waals surface area contributed by atoms with E-state index >= 15 is 0 Å². The maximum absolute atomic E-state index is 10.8. The van der Waals surface area contributed by atoms with Gasteiger partial charge in [-0.2, -0.15) is 0 Å². The summed E-state index contributed by atoms with van der Waals surface area (Å²) in [5.41, 5.74) is 1.62. The summed E-state index contributed by atoms with van der Waals surface area (Å²) in [6.45, 7) is 9.57. The first-order valence-corrected chi connectivity index (χ1v) is 13.4. The zero-order valence-electron chi connectivity index (χ0n) is 20.9. The van der Waals surface area contributed by atoms with Gasteiger partial charge in [-0.15, -0.1) is 0 Å². The summed E-state index contributed by atoms with van der Waals surface area (Å²) in [5.74, 6) is 4.21. The van der Waals surface area contributed by atoms with Crippen LogP contribution in [0.1, 0.15) is 98.3 Å². The molecule has 4 rings (SSSR count). The van der Waals surface area contributed by atoms with Crippen molar-refractivity contribution in [1.82, 2.24) is 5.32 Å². The van der Waals surface area contributed by atoms with E-state index in [0.717, 1.165) is 48.9 Å². The maximum Gasteiger partial charge on any atom is 0.304 e. The van der Waals surface area contributed by atoms with Crippen LogP contribution in [-0.2, 0) is 4.79 Å². The second-order valence-electron chi connectivity index (χ2n) is 12.7. The van der Waals surface area contributed by atoms with Crippen LogP contribution >= 0.6 is 0 Å². The third-order valence-corrected chi connectivity index (χ3v) is 10.2. The lowest BCUT2D eigenvalue weighted by molar-refractivity contribution is -0.136. The number of allylic oxidation sites excluding steroid dienone is 1. The molecular weight excluding hydrogens is 398 g/mol. The minimum atomic E-state index is -0.708. The number of hydrogen-bond donors (Lipinski definition) is 3. The lowest BCUT2D eigenvalue weighted by Crippen LogP contribution is -2.48. The lowest BCUT2D eigenvalue weighted by atomic mass is 9.51. The highest BCUT2D eigenvalue weighted by Gasteiger charge is 2.56. The number of hydrogen-bond acceptors (Lipinski definition) is 3. The summed E-state index contributed by atoms with van der Waals surface area (Å²) in [6, 6.07) is 0.467. The van der Waals surface area contributed by atoms with Crippen LogP contribution in [0, 0.1) is 40.9 Å². The SMILES string of the molecule is C[C@@H](CCC(C)(C)O)[C@H]1CCC2C3CC=C4C[C@@H](NCCC(=O)O)CC[C@@H]4C3CC[C@@]21C. The number of aliphatic carboxylic acids is 1. The molecule has 0 bridgehead atoms. The summed E-state index contributed by atoms with van der Waals surface area (Å²) < 4.78 is 0. The summed E-state index contributed by atoms with van der Waals surface area (Å²) in [6.07, 6.45) is 15.3. The molecule has 0 heterocycles. The van der Waals surface area contributed by atoms with Crippen LogP contribution < -0.4 is 5.32 Å². The molecule has 4 aliphatic carbocycles. The molecule has 0 aromatic carbocycles. The Bertz CT molecular complexity index is 710. The number of carbonyl (C=O) groups is 1. The molecule has 0 aromatic heterocycles. The third-order valence-electron chi connectivity index (χ3n) is 10.2. The summed E-state index contributed by atoms with van der Waals surface area (Å²) in [4.78, 5) is 10.8. The van der Waals surface area contributed by atoms with Crippen molar-refractivity contribution in [3.05, 3.63) is 11.6 Å². The summed E-state index contributed by atoms with van der Waals surface area (Å²) in [7, 11) is 0. The number of aliphatic hydroxyl groups is 1. The van der Waals surface area contributed by atoms with Crippen molar-refractivity contribution in [2.45, 2.75) is 110 Å². The molecule has 8 atom stereocenters. The molecule has 4 aliphatic rings. The maximum atomic E-state index is 10.8. The first-order chi connectivity index (χ1) is 15.1. The monoisotopic (exact) mass is 445 g/mol. The number of nitrogens with one attached hydrogen (secondary N) is 1. The van der Waals surface area contributed by atoms with Crippen LogP contribution in [-0.4, -0.2) is 34.4 Å². The molecular formula is C28H47NO3. The van der Waals surface area contributed by atoms with Crippen LogP contribution in [0.25, 0.3) is 0 Å². The largest absolute Gasteiger partial charge is 0.481 e. The molecule has 3 unspecified atom stereocenters. The van der Waals surface area contributed by atoms with Crippen LogP contribution in [0.3, 0.4) is 0 Å². The zero-order chi connectivity index (χ0) is 23.1.